The van der Waals surface area contributed by atoms with Crippen molar-refractivity contribution in [2.45, 2.75) is 18.9 Å². The molecule has 7 heteroatoms. The number of para-hydroxylation sites is 1. The largest absolute Gasteiger partial charge is 0.484 e. The fourth-order valence-electron chi connectivity index (χ4n) is 3.61. The van der Waals surface area contributed by atoms with E-state index in [9.17, 15) is 9.18 Å². The van der Waals surface area contributed by atoms with Crippen LogP contribution in [-0.2, 0) is 4.79 Å². The average Bonchev–Trinajstić information content (AvgIpc) is 3.23. The van der Waals surface area contributed by atoms with E-state index in [1.807, 2.05) is 30.3 Å². The number of benzene rings is 2. The third-order valence-corrected chi connectivity index (χ3v) is 4.99. The lowest BCUT2D eigenvalue weighted by Crippen LogP contribution is -2.35. The van der Waals surface area contributed by atoms with E-state index in [0.29, 0.717) is 18.0 Å². The predicted molar refractivity (Wildman–Crippen MR) is 107 cm³/mol. The molecule has 1 aliphatic rings. The van der Waals surface area contributed by atoms with Crippen LogP contribution in [0.15, 0.2) is 60.8 Å². The van der Waals surface area contributed by atoms with E-state index in [2.05, 4.69) is 9.97 Å². The van der Waals surface area contributed by atoms with Crippen LogP contribution in [0.5, 0.6) is 5.75 Å². The minimum Gasteiger partial charge on any atom is -0.484 e. The van der Waals surface area contributed by atoms with Crippen molar-refractivity contribution in [1.29, 1.82) is 0 Å². The number of halogens is 1. The number of aromatic nitrogens is 2. The summed E-state index contributed by atoms with van der Waals surface area (Å²) in [5, 5.41) is 0. The van der Waals surface area contributed by atoms with Gasteiger partial charge in [0.15, 0.2) is 6.61 Å². The topological polar surface area (TPSA) is 81.3 Å². The van der Waals surface area contributed by atoms with Crippen molar-refractivity contribution < 1.29 is 13.9 Å². The van der Waals surface area contributed by atoms with Crippen molar-refractivity contribution in [3.63, 3.8) is 0 Å². The zero-order chi connectivity index (χ0) is 20.2. The molecule has 0 radical (unpaired) electrons. The van der Waals surface area contributed by atoms with E-state index in [1.165, 1.54) is 12.1 Å². The van der Waals surface area contributed by atoms with E-state index < -0.39 is 0 Å². The second-order valence-electron chi connectivity index (χ2n) is 6.88. The third kappa shape index (κ3) is 4.18. The molecule has 148 valence electrons. The number of hydrogen-bond donors (Lipinski definition) is 1. The SMILES string of the molecule is Nc1ncc(-c2ccc(F)cc2)c([C@@H]2CCCN2C(=O)COc2ccccc2)n1. The molecule has 1 fully saturated rings. The van der Waals surface area contributed by atoms with Crippen molar-refractivity contribution in [3.05, 3.63) is 72.3 Å². The normalized spacial score (nSPS) is 16.0. The number of carbonyl (C=O) groups is 1. The molecule has 1 aromatic heterocycles. The molecule has 3 aromatic rings. The lowest BCUT2D eigenvalue weighted by Gasteiger charge is -2.26. The van der Waals surface area contributed by atoms with Gasteiger partial charge in [0.1, 0.15) is 11.6 Å². The first-order valence-corrected chi connectivity index (χ1v) is 9.47. The van der Waals surface area contributed by atoms with Gasteiger partial charge < -0.3 is 15.4 Å². The fourth-order valence-corrected chi connectivity index (χ4v) is 3.61. The van der Waals surface area contributed by atoms with Crippen LogP contribution in [0.1, 0.15) is 24.6 Å². The average molecular weight is 392 g/mol. The lowest BCUT2D eigenvalue weighted by atomic mass is 10.00. The number of nitrogen functional groups attached to an aromatic ring is 1. The molecule has 1 saturated heterocycles. The van der Waals surface area contributed by atoms with Gasteiger partial charge in [-0.15, -0.1) is 0 Å². The number of hydrogen-bond acceptors (Lipinski definition) is 5. The van der Waals surface area contributed by atoms with Crippen LogP contribution in [0.3, 0.4) is 0 Å². The van der Waals surface area contributed by atoms with E-state index in [0.717, 1.165) is 24.0 Å². The maximum absolute atomic E-state index is 13.3. The summed E-state index contributed by atoms with van der Waals surface area (Å²) in [6, 6.07) is 15.1. The number of likely N-dealkylation sites (tertiary alicyclic amines) is 1. The molecule has 0 saturated carbocycles. The first-order chi connectivity index (χ1) is 14.1. The zero-order valence-electron chi connectivity index (χ0n) is 15.8. The Morgan fingerprint density at radius 3 is 2.69 bits per heavy atom. The molecule has 0 aliphatic carbocycles. The van der Waals surface area contributed by atoms with Crippen LogP contribution in [0.2, 0.25) is 0 Å². The van der Waals surface area contributed by atoms with Gasteiger partial charge in [-0.1, -0.05) is 30.3 Å². The highest BCUT2D eigenvalue weighted by Crippen LogP contribution is 2.36. The third-order valence-electron chi connectivity index (χ3n) is 4.99. The number of rotatable bonds is 5. The van der Waals surface area contributed by atoms with Crippen LogP contribution in [-0.4, -0.2) is 33.9 Å². The molecule has 29 heavy (non-hydrogen) atoms. The van der Waals surface area contributed by atoms with Gasteiger partial charge in [0, 0.05) is 18.3 Å². The molecule has 0 bridgehead atoms. The highest BCUT2D eigenvalue weighted by atomic mass is 19.1. The van der Waals surface area contributed by atoms with Crippen molar-refractivity contribution in [1.82, 2.24) is 14.9 Å². The number of amides is 1. The summed E-state index contributed by atoms with van der Waals surface area (Å²) in [6.07, 6.45) is 3.25. The van der Waals surface area contributed by atoms with Gasteiger partial charge in [0.25, 0.3) is 5.91 Å². The van der Waals surface area contributed by atoms with Gasteiger partial charge in [0.2, 0.25) is 5.95 Å². The van der Waals surface area contributed by atoms with E-state index in [1.54, 1.807) is 23.2 Å². The number of nitrogens with zero attached hydrogens (tertiary/aromatic N) is 3. The Kier molecular flexibility index (Phi) is 5.37. The van der Waals surface area contributed by atoms with Crippen LogP contribution in [0.4, 0.5) is 10.3 Å². The summed E-state index contributed by atoms with van der Waals surface area (Å²) < 4.78 is 19.0. The molecule has 0 unspecified atom stereocenters. The highest BCUT2D eigenvalue weighted by molar-refractivity contribution is 5.79. The Morgan fingerprint density at radius 2 is 1.93 bits per heavy atom. The van der Waals surface area contributed by atoms with Gasteiger partial charge in [0.05, 0.1) is 11.7 Å². The van der Waals surface area contributed by atoms with Gasteiger partial charge in [-0.3, -0.25) is 4.79 Å². The second-order valence-corrected chi connectivity index (χ2v) is 6.88. The smallest absolute Gasteiger partial charge is 0.261 e. The minimum absolute atomic E-state index is 0.0487. The molecule has 2 heterocycles. The molecule has 1 aliphatic heterocycles. The number of ether oxygens (including phenoxy) is 1. The summed E-state index contributed by atoms with van der Waals surface area (Å²) in [5.41, 5.74) is 8.04. The second kappa shape index (κ2) is 8.26. The Hall–Kier alpha value is -3.48. The van der Waals surface area contributed by atoms with E-state index in [4.69, 9.17) is 10.5 Å². The molecule has 1 atom stereocenters. The quantitative estimate of drug-likeness (QED) is 0.717. The van der Waals surface area contributed by atoms with Crippen LogP contribution in [0, 0.1) is 5.82 Å². The van der Waals surface area contributed by atoms with E-state index >= 15 is 0 Å². The highest BCUT2D eigenvalue weighted by Gasteiger charge is 2.33. The monoisotopic (exact) mass is 392 g/mol. The Morgan fingerprint density at radius 1 is 1.17 bits per heavy atom. The summed E-state index contributed by atoms with van der Waals surface area (Å²) >= 11 is 0. The minimum atomic E-state index is -0.317. The molecule has 2 aromatic carbocycles. The molecule has 0 spiro atoms. The van der Waals surface area contributed by atoms with Crippen molar-refractivity contribution >= 4 is 11.9 Å². The first kappa shape index (κ1) is 18.9. The Labute approximate surface area is 168 Å². The number of nitrogens with two attached hydrogens (primary N) is 1. The van der Waals surface area contributed by atoms with Gasteiger partial charge in [-0.25, -0.2) is 14.4 Å². The summed E-state index contributed by atoms with van der Waals surface area (Å²) in [6.45, 7) is 0.571. The standard InChI is InChI=1S/C22H21FN4O2/c23-16-10-8-15(9-11-16)18-13-25-22(24)26-21(18)19-7-4-12-27(19)20(28)14-29-17-5-2-1-3-6-17/h1-3,5-6,8-11,13,19H,4,7,12,14H2,(H2,24,25,26)/t19-/m0/s1. The van der Waals surface area contributed by atoms with Crippen molar-refractivity contribution in [3.8, 4) is 16.9 Å². The molecule has 2 N–H and O–H groups in total. The fraction of sp³-hybridized carbons (Fsp3) is 0.227. The van der Waals surface area contributed by atoms with Crippen LogP contribution < -0.4 is 10.5 Å². The summed E-state index contributed by atoms with van der Waals surface area (Å²) in [7, 11) is 0. The summed E-state index contributed by atoms with van der Waals surface area (Å²) in [5.74, 6) is 0.363. The Balaban J connectivity index is 1.59. The molecule has 1 amide bonds. The predicted octanol–water partition coefficient (Wildman–Crippen LogP) is 3.61. The molecular formula is C22H21FN4O2. The number of carbonyl (C=O) groups excluding carboxylic acids is 1. The van der Waals surface area contributed by atoms with Gasteiger partial charge >= 0.3 is 0 Å². The van der Waals surface area contributed by atoms with Crippen molar-refractivity contribution in [2.24, 2.45) is 0 Å². The van der Waals surface area contributed by atoms with Gasteiger partial charge in [-0.2, -0.15) is 0 Å². The van der Waals surface area contributed by atoms with E-state index in [-0.39, 0.29) is 30.3 Å². The van der Waals surface area contributed by atoms with Crippen molar-refractivity contribution in [2.75, 3.05) is 18.9 Å². The zero-order valence-corrected chi connectivity index (χ0v) is 15.8. The number of anilines is 1. The lowest BCUT2D eigenvalue weighted by molar-refractivity contribution is -0.134. The maximum Gasteiger partial charge on any atom is 0.261 e. The molecular weight excluding hydrogens is 371 g/mol. The maximum atomic E-state index is 13.3. The van der Waals surface area contributed by atoms with Gasteiger partial charge in [-0.05, 0) is 42.7 Å². The first-order valence-electron chi connectivity index (χ1n) is 9.47. The molecule has 4 rings (SSSR count). The van der Waals surface area contributed by atoms with Crippen LogP contribution >= 0.6 is 0 Å². The molecule has 6 nitrogen and oxygen atoms in total. The summed E-state index contributed by atoms with van der Waals surface area (Å²) in [4.78, 5) is 23.2. The Bertz CT molecular complexity index is 995. The van der Waals surface area contributed by atoms with Crippen LogP contribution in [0.25, 0.3) is 11.1 Å².